The van der Waals surface area contributed by atoms with Crippen LogP contribution in [0.3, 0.4) is 0 Å². The molecule has 1 aliphatic rings. The van der Waals surface area contributed by atoms with Crippen molar-refractivity contribution in [1.82, 2.24) is 4.90 Å². The van der Waals surface area contributed by atoms with Crippen LogP contribution in [0.1, 0.15) is 16.8 Å². The SMILES string of the molecule is O=C(c1cc(Cl)ccc1O)N1CC[C@H](O)C1. The standard InChI is InChI=1S/C11H12ClNO3/c12-7-1-2-10(15)9(5-7)11(16)13-4-3-8(14)6-13/h1-2,5,8,14-15H,3-4,6H2/t8-/m0/s1. The Morgan fingerprint density at radius 2 is 2.25 bits per heavy atom. The van der Waals surface area contributed by atoms with Crippen LogP contribution < -0.4 is 0 Å². The Bertz CT molecular complexity index is 422. The molecule has 0 aliphatic carbocycles. The van der Waals surface area contributed by atoms with Gasteiger partial charge in [-0.15, -0.1) is 0 Å². The number of hydrogen-bond acceptors (Lipinski definition) is 3. The number of aromatic hydroxyl groups is 1. The summed E-state index contributed by atoms with van der Waals surface area (Å²) in [6.45, 7) is 0.816. The first-order valence-electron chi connectivity index (χ1n) is 5.04. The minimum Gasteiger partial charge on any atom is -0.507 e. The Kier molecular flexibility index (Phi) is 3.03. The molecular weight excluding hydrogens is 230 g/mol. The minimum atomic E-state index is -0.467. The van der Waals surface area contributed by atoms with Crippen LogP contribution in [0.25, 0.3) is 0 Å². The molecule has 1 aromatic rings. The number of carbonyl (C=O) groups excluding carboxylic acids is 1. The number of aliphatic hydroxyl groups is 1. The lowest BCUT2D eigenvalue weighted by atomic mass is 10.2. The molecular formula is C11H12ClNO3. The molecule has 1 atom stereocenters. The number of phenolic OH excluding ortho intramolecular Hbond substituents is 1. The zero-order valence-corrected chi connectivity index (χ0v) is 9.31. The molecule has 2 N–H and O–H groups in total. The largest absolute Gasteiger partial charge is 0.507 e. The van der Waals surface area contributed by atoms with Crippen molar-refractivity contribution >= 4 is 17.5 Å². The van der Waals surface area contributed by atoms with Crippen LogP contribution in [-0.4, -0.2) is 40.2 Å². The van der Waals surface area contributed by atoms with Crippen molar-refractivity contribution in [1.29, 1.82) is 0 Å². The van der Waals surface area contributed by atoms with Gasteiger partial charge in [-0.25, -0.2) is 0 Å². The van der Waals surface area contributed by atoms with Gasteiger partial charge in [-0.1, -0.05) is 11.6 Å². The summed E-state index contributed by atoms with van der Waals surface area (Å²) in [4.78, 5) is 13.5. The number of nitrogens with zero attached hydrogens (tertiary/aromatic N) is 1. The van der Waals surface area contributed by atoms with Crippen molar-refractivity contribution in [2.75, 3.05) is 13.1 Å². The number of aliphatic hydroxyl groups excluding tert-OH is 1. The number of halogens is 1. The summed E-state index contributed by atoms with van der Waals surface area (Å²) in [5.74, 6) is -0.382. The first kappa shape index (κ1) is 11.2. The Morgan fingerprint density at radius 1 is 1.50 bits per heavy atom. The fraction of sp³-hybridized carbons (Fsp3) is 0.364. The summed E-state index contributed by atoms with van der Waals surface area (Å²) in [5, 5.41) is 19.3. The summed E-state index contributed by atoms with van der Waals surface area (Å²) in [7, 11) is 0. The van der Waals surface area contributed by atoms with Crippen LogP contribution in [-0.2, 0) is 0 Å². The molecule has 5 heteroatoms. The zero-order valence-electron chi connectivity index (χ0n) is 8.56. The summed E-state index contributed by atoms with van der Waals surface area (Å²) < 4.78 is 0. The Morgan fingerprint density at radius 3 is 2.88 bits per heavy atom. The van der Waals surface area contributed by atoms with Crippen LogP contribution in [0.4, 0.5) is 0 Å². The van der Waals surface area contributed by atoms with Gasteiger partial charge in [0.15, 0.2) is 0 Å². The number of β-amino-alcohol motifs (C(OH)–C–C–N with tert-alkyl or cyclic N) is 1. The minimum absolute atomic E-state index is 0.0872. The number of carbonyl (C=O) groups is 1. The van der Waals surface area contributed by atoms with Crippen molar-refractivity contribution in [3.8, 4) is 5.75 Å². The molecule has 4 nitrogen and oxygen atoms in total. The van der Waals surface area contributed by atoms with Gasteiger partial charge in [-0.3, -0.25) is 4.79 Å². The molecule has 1 saturated heterocycles. The van der Waals surface area contributed by atoms with Gasteiger partial charge in [0.2, 0.25) is 0 Å². The molecule has 16 heavy (non-hydrogen) atoms. The highest BCUT2D eigenvalue weighted by atomic mass is 35.5. The van der Waals surface area contributed by atoms with E-state index in [1.807, 2.05) is 0 Å². The highest BCUT2D eigenvalue weighted by Crippen LogP contribution is 2.24. The van der Waals surface area contributed by atoms with Gasteiger partial charge in [0, 0.05) is 18.1 Å². The molecule has 0 bridgehead atoms. The highest BCUT2D eigenvalue weighted by molar-refractivity contribution is 6.31. The van der Waals surface area contributed by atoms with Gasteiger partial charge in [-0.2, -0.15) is 0 Å². The average Bonchev–Trinajstić information content (AvgIpc) is 2.67. The summed E-state index contributed by atoms with van der Waals surface area (Å²) in [6, 6.07) is 4.35. The van der Waals surface area contributed by atoms with E-state index < -0.39 is 6.10 Å². The number of benzene rings is 1. The maximum absolute atomic E-state index is 12.0. The van der Waals surface area contributed by atoms with Crippen LogP contribution in [0.5, 0.6) is 5.75 Å². The van der Waals surface area contributed by atoms with Crippen LogP contribution in [0.2, 0.25) is 5.02 Å². The normalized spacial score (nSPS) is 20.1. The molecule has 0 spiro atoms. The molecule has 0 saturated carbocycles. The maximum Gasteiger partial charge on any atom is 0.257 e. The number of phenols is 1. The van der Waals surface area contributed by atoms with Crippen molar-refractivity contribution in [2.45, 2.75) is 12.5 Å². The van der Waals surface area contributed by atoms with E-state index in [2.05, 4.69) is 0 Å². The maximum atomic E-state index is 12.0. The van der Waals surface area contributed by atoms with E-state index >= 15 is 0 Å². The first-order valence-corrected chi connectivity index (χ1v) is 5.41. The number of likely N-dealkylation sites (tertiary alicyclic amines) is 1. The third-order valence-corrected chi connectivity index (χ3v) is 2.87. The van der Waals surface area contributed by atoms with Crippen molar-refractivity contribution in [2.24, 2.45) is 0 Å². The molecule has 0 radical (unpaired) electrons. The lowest BCUT2D eigenvalue weighted by Gasteiger charge is -2.16. The van der Waals surface area contributed by atoms with Gasteiger partial charge in [-0.05, 0) is 24.6 Å². The van der Waals surface area contributed by atoms with Crippen LogP contribution >= 0.6 is 11.6 Å². The summed E-state index contributed by atoms with van der Waals surface area (Å²) in [5.41, 5.74) is 0.182. The number of hydrogen-bond donors (Lipinski definition) is 2. The number of rotatable bonds is 1. The Labute approximate surface area is 98.1 Å². The summed E-state index contributed by atoms with van der Waals surface area (Å²) >= 11 is 5.77. The predicted molar refractivity (Wildman–Crippen MR) is 59.6 cm³/mol. The van der Waals surface area contributed by atoms with Gasteiger partial charge >= 0.3 is 0 Å². The van der Waals surface area contributed by atoms with Crippen molar-refractivity contribution in [3.05, 3.63) is 28.8 Å². The highest BCUT2D eigenvalue weighted by Gasteiger charge is 2.26. The van der Waals surface area contributed by atoms with E-state index in [1.54, 1.807) is 0 Å². The van der Waals surface area contributed by atoms with E-state index in [9.17, 15) is 15.0 Å². The zero-order chi connectivity index (χ0) is 11.7. The second kappa shape index (κ2) is 4.31. The van der Waals surface area contributed by atoms with E-state index in [4.69, 9.17) is 11.6 Å². The van der Waals surface area contributed by atoms with Gasteiger partial charge in [0.25, 0.3) is 5.91 Å². The average molecular weight is 242 g/mol. The fourth-order valence-corrected chi connectivity index (χ4v) is 1.95. The van der Waals surface area contributed by atoms with E-state index in [1.165, 1.54) is 23.1 Å². The number of amides is 1. The lowest BCUT2D eigenvalue weighted by Crippen LogP contribution is -2.29. The molecule has 1 fully saturated rings. The molecule has 1 aromatic carbocycles. The monoisotopic (exact) mass is 241 g/mol. The molecule has 86 valence electrons. The third kappa shape index (κ3) is 2.13. The molecule has 0 aromatic heterocycles. The summed E-state index contributed by atoms with van der Waals surface area (Å²) in [6.07, 6.45) is 0.109. The third-order valence-electron chi connectivity index (χ3n) is 2.64. The fourth-order valence-electron chi connectivity index (χ4n) is 1.78. The first-order chi connectivity index (χ1) is 7.58. The van der Waals surface area contributed by atoms with Crippen molar-refractivity contribution < 1.29 is 15.0 Å². The Hall–Kier alpha value is -1.26. The second-order valence-corrected chi connectivity index (χ2v) is 4.29. The quantitative estimate of drug-likeness (QED) is 0.778. The molecule has 1 amide bonds. The lowest BCUT2D eigenvalue weighted by molar-refractivity contribution is 0.0762. The predicted octanol–water partition coefficient (Wildman–Crippen LogP) is 1.25. The topological polar surface area (TPSA) is 60.8 Å². The molecule has 0 unspecified atom stereocenters. The molecule has 2 rings (SSSR count). The second-order valence-electron chi connectivity index (χ2n) is 3.86. The molecule has 1 heterocycles. The van der Waals surface area contributed by atoms with E-state index in [0.29, 0.717) is 24.5 Å². The van der Waals surface area contributed by atoms with Crippen LogP contribution in [0.15, 0.2) is 18.2 Å². The molecule has 1 aliphatic heterocycles. The van der Waals surface area contributed by atoms with Gasteiger partial charge in [0.05, 0.1) is 11.7 Å². The van der Waals surface area contributed by atoms with Gasteiger partial charge < -0.3 is 15.1 Å². The van der Waals surface area contributed by atoms with E-state index in [0.717, 1.165) is 0 Å². The van der Waals surface area contributed by atoms with Crippen molar-refractivity contribution in [3.63, 3.8) is 0 Å². The Balaban J connectivity index is 2.23. The van der Waals surface area contributed by atoms with E-state index in [-0.39, 0.29) is 17.2 Å². The van der Waals surface area contributed by atoms with Gasteiger partial charge in [0.1, 0.15) is 5.75 Å². The van der Waals surface area contributed by atoms with Crippen LogP contribution in [0, 0.1) is 0 Å². The smallest absolute Gasteiger partial charge is 0.257 e.